The highest BCUT2D eigenvalue weighted by molar-refractivity contribution is 9.10. The zero-order valence-corrected chi connectivity index (χ0v) is 20.8. The van der Waals surface area contributed by atoms with Gasteiger partial charge in [-0.05, 0) is 55.6 Å². The third kappa shape index (κ3) is 2.86. The number of carbonyl (C=O) groups is 3. The van der Waals surface area contributed by atoms with Crippen molar-refractivity contribution < 1.29 is 29.3 Å². The lowest BCUT2D eigenvalue weighted by molar-refractivity contribution is -0.181. The summed E-state index contributed by atoms with van der Waals surface area (Å²) in [6.45, 7) is 7.05. The molecule has 4 aliphatic rings. The maximum absolute atomic E-state index is 13.3. The Kier molecular flexibility index (Phi) is 5.66. The molecular weight excluding hydrogens is 476 g/mol. The molecule has 0 radical (unpaired) electrons. The summed E-state index contributed by atoms with van der Waals surface area (Å²) in [7, 11) is 0. The molecule has 2 unspecified atom stereocenters. The van der Waals surface area contributed by atoms with E-state index in [1.165, 1.54) is 0 Å². The Balaban J connectivity index is 1.73. The van der Waals surface area contributed by atoms with Crippen molar-refractivity contribution in [1.29, 1.82) is 0 Å². The zero-order chi connectivity index (χ0) is 23.7. The van der Waals surface area contributed by atoms with Crippen molar-refractivity contribution in [2.24, 2.45) is 28.6 Å². The van der Waals surface area contributed by atoms with Gasteiger partial charge in [-0.1, -0.05) is 55.3 Å². The second kappa shape index (κ2) is 7.60. The molecule has 0 amide bonds. The fourth-order valence-electron chi connectivity index (χ4n) is 7.50. The summed E-state index contributed by atoms with van der Waals surface area (Å²) in [5, 5.41) is 23.5. The van der Waals surface area contributed by atoms with Crippen LogP contribution in [0.2, 0.25) is 0 Å². The monoisotopic (exact) mass is 508 g/mol. The number of alkyl halides is 1. The molecule has 0 bridgehead atoms. The number of esters is 1. The van der Waals surface area contributed by atoms with Crippen molar-refractivity contribution in [2.75, 3.05) is 6.61 Å². The predicted molar refractivity (Wildman–Crippen MR) is 122 cm³/mol. The van der Waals surface area contributed by atoms with Gasteiger partial charge in [-0.3, -0.25) is 14.4 Å². The molecule has 8 atom stereocenters. The molecule has 4 aliphatic carbocycles. The highest BCUT2D eigenvalue weighted by atomic mass is 79.9. The van der Waals surface area contributed by atoms with Crippen LogP contribution in [0, 0.1) is 28.6 Å². The van der Waals surface area contributed by atoms with Crippen LogP contribution in [0.25, 0.3) is 0 Å². The third-order valence-corrected chi connectivity index (χ3v) is 11.2. The van der Waals surface area contributed by atoms with Crippen LogP contribution in [0.3, 0.4) is 0 Å². The number of ketones is 2. The van der Waals surface area contributed by atoms with Crippen molar-refractivity contribution >= 4 is 33.5 Å². The molecule has 0 spiro atoms. The predicted octanol–water partition coefficient (Wildman–Crippen LogP) is 3.28. The molecule has 3 saturated carbocycles. The average Bonchev–Trinajstić information content (AvgIpc) is 2.94. The Morgan fingerprint density at radius 2 is 1.97 bits per heavy atom. The van der Waals surface area contributed by atoms with Crippen LogP contribution in [-0.2, 0) is 19.1 Å². The van der Waals surface area contributed by atoms with Crippen molar-refractivity contribution in [1.82, 2.24) is 0 Å². The third-order valence-electron chi connectivity index (χ3n) is 9.30. The molecule has 4 rings (SSSR count). The number of hydrogen-bond donors (Lipinski definition) is 2. The first-order chi connectivity index (χ1) is 14.9. The molecule has 32 heavy (non-hydrogen) atoms. The van der Waals surface area contributed by atoms with E-state index in [0.29, 0.717) is 6.42 Å². The van der Waals surface area contributed by atoms with E-state index in [1.54, 1.807) is 19.1 Å². The van der Waals surface area contributed by atoms with Crippen LogP contribution in [0.1, 0.15) is 59.8 Å². The number of aliphatic hydroxyl groups is 2. The number of carbonyl (C=O) groups excluding carboxylic acids is 3. The molecule has 3 fully saturated rings. The lowest BCUT2D eigenvalue weighted by Crippen LogP contribution is -2.68. The molecule has 176 valence electrons. The number of aliphatic hydroxyl groups excluding tert-OH is 1. The number of ether oxygens (including phenoxy) is 1. The largest absolute Gasteiger partial charge is 0.458 e. The van der Waals surface area contributed by atoms with E-state index in [4.69, 9.17) is 4.74 Å². The summed E-state index contributed by atoms with van der Waals surface area (Å²) < 4.78 is 4.38. The number of hydrogen-bond acceptors (Lipinski definition) is 6. The molecule has 7 heteroatoms. The van der Waals surface area contributed by atoms with Crippen LogP contribution in [0.5, 0.6) is 0 Å². The first-order valence-corrected chi connectivity index (χ1v) is 12.4. The molecule has 0 aromatic rings. The van der Waals surface area contributed by atoms with E-state index >= 15 is 0 Å². The SMILES string of the molecule is CCC(=O)OCC(=O)[C@@]1(O)C(C)C[C@H]2[C@@H]3CCC4=CC(=O)C=C[C@]4(C)[C@@]3(Br)C(O)C[C@@]21C. The summed E-state index contributed by atoms with van der Waals surface area (Å²) in [6.07, 6.45) is 6.87. The molecule has 0 aromatic heterocycles. The molecule has 0 heterocycles. The molecular formula is C25H33BrO6. The summed E-state index contributed by atoms with van der Waals surface area (Å²) in [5.41, 5.74) is -2.05. The van der Waals surface area contributed by atoms with Crippen molar-refractivity contribution in [2.45, 2.75) is 75.8 Å². The standard InChI is InChI=1S/C25H33BrO6/c1-5-21(30)32-13-20(29)25(31)14(2)10-18-17-7-6-15-11-16(27)8-9-22(15,3)24(17,26)19(28)12-23(18,25)4/h8-9,11,14,17-19,28,31H,5-7,10,12-13H2,1-4H3/t14?,17-,18-,19?,22-,23-,24-,25-/m0/s1. The van der Waals surface area contributed by atoms with Gasteiger partial charge in [0.25, 0.3) is 0 Å². The molecule has 6 nitrogen and oxygen atoms in total. The second-order valence-electron chi connectivity index (χ2n) is 10.6. The number of Topliss-reactive ketones (excluding diaryl/α,β-unsaturated/α-hetero) is 1. The molecule has 0 aliphatic heterocycles. The van der Waals surface area contributed by atoms with Gasteiger partial charge >= 0.3 is 5.97 Å². The van der Waals surface area contributed by atoms with E-state index in [-0.39, 0.29) is 36.4 Å². The van der Waals surface area contributed by atoms with Gasteiger partial charge in [-0.2, -0.15) is 0 Å². The Morgan fingerprint density at radius 3 is 2.62 bits per heavy atom. The first-order valence-electron chi connectivity index (χ1n) is 11.6. The van der Waals surface area contributed by atoms with Crippen LogP contribution >= 0.6 is 15.9 Å². The van der Waals surface area contributed by atoms with E-state index in [9.17, 15) is 24.6 Å². The van der Waals surface area contributed by atoms with Crippen LogP contribution in [0.15, 0.2) is 23.8 Å². The Morgan fingerprint density at radius 1 is 1.28 bits per heavy atom. The topological polar surface area (TPSA) is 101 Å². The second-order valence-corrected chi connectivity index (χ2v) is 11.9. The van der Waals surface area contributed by atoms with E-state index in [1.807, 2.05) is 19.9 Å². The lowest BCUT2D eigenvalue weighted by atomic mass is 9.46. The van der Waals surface area contributed by atoms with Crippen molar-refractivity contribution in [3.8, 4) is 0 Å². The lowest BCUT2D eigenvalue weighted by Gasteiger charge is -2.64. The maximum Gasteiger partial charge on any atom is 0.305 e. The van der Waals surface area contributed by atoms with Gasteiger partial charge in [0, 0.05) is 17.3 Å². The normalized spacial score (nSPS) is 47.2. The van der Waals surface area contributed by atoms with E-state index < -0.39 is 45.2 Å². The van der Waals surface area contributed by atoms with Gasteiger partial charge < -0.3 is 14.9 Å². The number of halogens is 1. The minimum atomic E-state index is -1.68. The highest BCUT2D eigenvalue weighted by Crippen LogP contribution is 2.71. The van der Waals surface area contributed by atoms with Crippen molar-refractivity contribution in [3.05, 3.63) is 23.8 Å². The van der Waals surface area contributed by atoms with Crippen LogP contribution < -0.4 is 0 Å². The Bertz CT molecular complexity index is 925. The van der Waals surface area contributed by atoms with Gasteiger partial charge in [0.2, 0.25) is 5.78 Å². The first kappa shape index (κ1) is 23.8. The van der Waals surface area contributed by atoms with Crippen LogP contribution in [0.4, 0.5) is 0 Å². The summed E-state index contributed by atoms with van der Waals surface area (Å²) in [6, 6.07) is 0. The zero-order valence-electron chi connectivity index (χ0n) is 19.2. The minimum absolute atomic E-state index is 0.00119. The summed E-state index contributed by atoms with van der Waals surface area (Å²) >= 11 is 3.98. The molecule has 0 saturated heterocycles. The maximum atomic E-state index is 13.3. The Labute approximate surface area is 197 Å². The smallest absolute Gasteiger partial charge is 0.305 e. The quantitative estimate of drug-likeness (QED) is 0.446. The number of allylic oxidation sites excluding steroid dienone is 4. The average molecular weight is 509 g/mol. The summed E-state index contributed by atoms with van der Waals surface area (Å²) in [5.74, 6) is -1.34. The van der Waals surface area contributed by atoms with Gasteiger partial charge in [-0.25, -0.2) is 0 Å². The fourth-order valence-corrected chi connectivity index (χ4v) is 8.60. The van der Waals surface area contributed by atoms with Gasteiger partial charge in [0.1, 0.15) is 5.60 Å². The van der Waals surface area contributed by atoms with E-state index in [0.717, 1.165) is 18.4 Å². The summed E-state index contributed by atoms with van der Waals surface area (Å²) in [4.78, 5) is 36.9. The van der Waals surface area contributed by atoms with E-state index in [2.05, 4.69) is 22.9 Å². The van der Waals surface area contributed by atoms with Gasteiger partial charge in [0.15, 0.2) is 12.4 Å². The van der Waals surface area contributed by atoms with Gasteiger partial charge in [-0.15, -0.1) is 0 Å². The minimum Gasteiger partial charge on any atom is -0.458 e. The highest BCUT2D eigenvalue weighted by Gasteiger charge is 2.74. The van der Waals surface area contributed by atoms with Crippen LogP contribution in [-0.4, -0.2) is 50.4 Å². The number of rotatable bonds is 4. The van der Waals surface area contributed by atoms with Crippen molar-refractivity contribution in [3.63, 3.8) is 0 Å². The fraction of sp³-hybridized carbons (Fsp3) is 0.720. The van der Waals surface area contributed by atoms with Gasteiger partial charge in [0.05, 0.1) is 10.4 Å². The molecule has 2 N–H and O–H groups in total. The Hall–Kier alpha value is -1.31. The molecule has 0 aromatic carbocycles. The number of fused-ring (bicyclic) bond motifs is 5.